The minimum Gasteiger partial charge on any atom is -0.487 e. The second-order valence-electron chi connectivity index (χ2n) is 7.62. The number of carbonyl (C=O) groups excluding carboxylic acids is 1. The van der Waals surface area contributed by atoms with Gasteiger partial charge in [0.05, 0.1) is 24.0 Å². The number of carboxylic acid groups (broad SMARTS) is 1. The highest BCUT2D eigenvalue weighted by atomic mass is 19.4. The largest absolute Gasteiger partial charge is 0.487 e. The number of benzene rings is 1. The molecule has 184 valence electrons. The highest BCUT2D eigenvalue weighted by Gasteiger charge is 2.55. The van der Waals surface area contributed by atoms with Crippen LogP contribution in [-0.4, -0.2) is 60.9 Å². The monoisotopic (exact) mass is 489 g/mol. The van der Waals surface area contributed by atoms with Gasteiger partial charge in [0.2, 0.25) is 5.91 Å². The quantitative estimate of drug-likeness (QED) is 0.514. The molecule has 2 saturated heterocycles. The van der Waals surface area contributed by atoms with Crippen molar-refractivity contribution in [2.45, 2.75) is 43.6 Å². The van der Waals surface area contributed by atoms with E-state index in [2.05, 4.69) is 14.8 Å². The topological polar surface area (TPSA) is 94.1 Å². The number of fused-ring (bicyclic) bond motifs is 2. The number of ether oxygens (including phenoxy) is 3. The number of carbonyl (C=O) groups is 2. The van der Waals surface area contributed by atoms with Crippen molar-refractivity contribution < 1.29 is 59.6 Å². The van der Waals surface area contributed by atoms with Crippen LogP contribution in [0.25, 0.3) is 0 Å². The lowest BCUT2D eigenvalue weighted by Crippen LogP contribution is -2.40. The maximum Gasteiger partial charge on any atom is 0.422 e. The Morgan fingerprint density at radius 1 is 1.00 bits per heavy atom. The van der Waals surface area contributed by atoms with Crippen LogP contribution in [0, 0.1) is 11.8 Å². The fourth-order valence-electron chi connectivity index (χ4n) is 3.77. The summed E-state index contributed by atoms with van der Waals surface area (Å²) in [5.74, 6) is -10.0. The number of hydrogen-bond acceptors (Lipinski definition) is 5. The van der Waals surface area contributed by atoms with Gasteiger partial charge in [-0.1, -0.05) is 0 Å². The molecule has 2 N–H and O–H groups in total. The van der Waals surface area contributed by atoms with Gasteiger partial charge in [-0.25, -0.2) is 8.78 Å². The van der Waals surface area contributed by atoms with Crippen molar-refractivity contribution in [3.63, 3.8) is 0 Å². The molecule has 1 aromatic carbocycles. The van der Waals surface area contributed by atoms with Crippen molar-refractivity contribution in [2.75, 3.05) is 18.5 Å². The summed E-state index contributed by atoms with van der Waals surface area (Å²) in [4.78, 5) is 24.3. The summed E-state index contributed by atoms with van der Waals surface area (Å²) in [6.45, 7) is -3.56. The summed E-state index contributed by atoms with van der Waals surface area (Å²) >= 11 is 0. The standard InChI is InChI=1S/C19H18F7NO6/c20-17(21)18(22,23)6-31-9-3-8(4-10(5-9)32-7-19(24,25)26)27-15(28)13-11-1-2-12(33-11)14(13)16(29)30/h3-5,11-14,17H,1-2,6-7H2,(H,27,28)(H,29,30)/t11-,12-,13+,14-/m1/s1. The number of halogens is 7. The van der Waals surface area contributed by atoms with Crippen LogP contribution >= 0.6 is 0 Å². The molecule has 33 heavy (non-hydrogen) atoms. The van der Waals surface area contributed by atoms with Crippen LogP contribution in [0.5, 0.6) is 11.5 Å². The number of carboxylic acids is 1. The fourth-order valence-corrected chi connectivity index (χ4v) is 3.77. The third-order valence-corrected chi connectivity index (χ3v) is 5.16. The number of nitrogens with one attached hydrogen (secondary N) is 1. The molecule has 2 aliphatic rings. The number of alkyl halides is 7. The molecule has 2 heterocycles. The maximum absolute atomic E-state index is 13.2. The molecule has 0 saturated carbocycles. The lowest BCUT2D eigenvalue weighted by Gasteiger charge is -2.24. The van der Waals surface area contributed by atoms with Crippen molar-refractivity contribution in [1.82, 2.24) is 0 Å². The van der Waals surface area contributed by atoms with E-state index in [0.29, 0.717) is 12.8 Å². The molecular weight excluding hydrogens is 471 g/mol. The van der Waals surface area contributed by atoms with Gasteiger partial charge in [0.25, 0.3) is 0 Å². The first-order valence-electron chi connectivity index (χ1n) is 9.59. The summed E-state index contributed by atoms with van der Waals surface area (Å²) in [6.07, 6.45) is -9.27. The lowest BCUT2D eigenvalue weighted by atomic mass is 9.78. The van der Waals surface area contributed by atoms with Crippen LogP contribution in [0.2, 0.25) is 0 Å². The maximum atomic E-state index is 13.2. The second-order valence-corrected chi connectivity index (χ2v) is 7.62. The smallest absolute Gasteiger partial charge is 0.422 e. The Morgan fingerprint density at radius 2 is 1.55 bits per heavy atom. The summed E-state index contributed by atoms with van der Waals surface area (Å²) in [7, 11) is 0. The summed E-state index contributed by atoms with van der Waals surface area (Å²) in [5.41, 5.74) is -0.276. The second kappa shape index (κ2) is 9.23. The van der Waals surface area contributed by atoms with Crippen LogP contribution in [0.15, 0.2) is 18.2 Å². The van der Waals surface area contributed by atoms with Gasteiger partial charge in [0, 0.05) is 23.9 Å². The van der Waals surface area contributed by atoms with Crippen LogP contribution in [-0.2, 0) is 14.3 Å². The highest BCUT2D eigenvalue weighted by Crippen LogP contribution is 2.44. The molecule has 0 spiro atoms. The molecule has 2 aliphatic heterocycles. The Hall–Kier alpha value is -2.77. The van der Waals surface area contributed by atoms with E-state index >= 15 is 0 Å². The number of hydrogen-bond donors (Lipinski definition) is 2. The van der Waals surface area contributed by atoms with Gasteiger partial charge in [-0.05, 0) is 12.8 Å². The normalized spacial score (nSPS) is 24.7. The third kappa shape index (κ3) is 5.97. The van der Waals surface area contributed by atoms with Crippen LogP contribution < -0.4 is 14.8 Å². The zero-order valence-corrected chi connectivity index (χ0v) is 16.6. The summed E-state index contributed by atoms with van der Waals surface area (Å²) < 4.78 is 103. The molecule has 0 aliphatic carbocycles. The van der Waals surface area contributed by atoms with E-state index in [1.807, 2.05) is 0 Å². The van der Waals surface area contributed by atoms with E-state index < -0.39 is 79.2 Å². The van der Waals surface area contributed by atoms with Crippen LogP contribution in [0.4, 0.5) is 36.4 Å². The predicted molar refractivity (Wildman–Crippen MR) is 95.6 cm³/mol. The summed E-state index contributed by atoms with van der Waals surface area (Å²) in [6, 6.07) is 2.58. The van der Waals surface area contributed by atoms with Gasteiger partial charge in [-0.2, -0.15) is 22.0 Å². The predicted octanol–water partition coefficient (Wildman–Crippen LogP) is 3.72. The molecule has 0 radical (unpaired) electrons. The number of aliphatic carboxylic acids is 1. The van der Waals surface area contributed by atoms with Gasteiger partial charge in [0.1, 0.15) is 11.5 Å². The third-order valence-electron chi connectivity index (χ3n) is 5.16. The van der Waals surface area contributed by atoms with Crippen molar-refractivity contribution >= 4 is 17.6 Å². The first kappa shape index (κ1) is 24.9. The molecule has 1 amide bonds. The highest BCUT2D eigenvalue weighted by molar-refractivity contribution is 5.96. The van der Waals surface area contributed by atoms with Crippen molar-refractivity contribution in [3.8, 4) is 11.5 Å². The van der Waals surface area contributed by atoms with Gasteiger partial charge in [0.15, 0.2) is 13.2 Å². The zero-order chi connectivity index (χ0) is 24.6. The lowest BCUT2D eigenvalue weighted by molar-refractivity contribution is -0.153. The average molecular weight is 489 g/mol. The Labute approximate surface area is 181 Å². The molecule has 4 atom stereocenters. The minimum atomic E-state index is -4.75. The number of rotatable bonds is 9. The van der Waals surface area contributed by atoms with E-state index in [0.717, 1.165) is 18.2 Å². The van der Waals surface area contributed by atoms with Gasteiger partial charge in [-0.3, -0.25) is 9.59 Å². The fraction of sp³-hybridized carbons (Fsp3) is 0.579. The Balaban J connectivity index is 1.80. The molecule has 0 aromatic heterocycles. The zero-order valence-electron chi connectivity index (χ0n) is 16.6. The molecule has 2 bridgehead atoms. The van der Waals surface area contributed by atoms with Crippen molar-refractivity contribution in [1.29, 1.82) is 0 Å². The van der Waals surface area contributed by atoms with Crippen LogP contribution in [0.3, 0.4) is 0 Å². The molecule has 0 unspecified atom stereocenters. The van der Waals surface area contributed by atoms with E-state index in [1.54, 1.807) is 0 Å². The van der Waals surface area contributed by atoms with E-state index in [-0.39, 0.29) is 5.69 Å². The van der Waals surface area contributed by atoms with Crippen molar-refractivity contribution in [3.05, 3.63) is 18.2 Å². The van der Waals surface area contributed by atoms with E-state index in [4.69, 9.17) is 4.74 Å². The number of amides is 1. The first-order valence-corrected chi connectivity index (χ1v) is 9.59. The van der Waals surface area contributed by atoms with Crippen LogP contribution in [0.1, 0.15) is 12.8 Å². The Kier molecular flexibility index (Phi) is 6.96. The SMILES string of the molecule is O=C(Nc1cc(OCC(F)(F)F)cc(OCC(F)(F)C(F)F)c1)[C@@H]1[C@H](C(=O)O)[C@H]2CC[C@H]1O2. The average Bonchev–Trinajstić information content (AvgIpc) is 3.32. The van der Waals surface area contributed by atoms with Gasteiger partial charge < -0.3 is 24.6 Å². The molecule has 2 fully saturated rings. The van der Waals surface area contributed by atoms with Gasteiger partial charge >= 0.3 is 24.5 Å². The summed E-state index contributed by atoms with van der Waals surface area (Å²) in [5, 5.41) is 11.7. The van der Waals surface area contributed by atoms with E-state index in [9.17, 15) is 45.4 Å². The van der Waals surface area contributed by atoms with E-state index in [1.165, 1.54) is 0 Å². The molecule has 3 rings (SSSR count). The Bertz CT molecular complexity index is 894. The molecular formula is C19H18F7NO6. The van der Waals surface area contributed by atoms with Gasteiger partial charge in [-0.15, -0.1) is 0 Å². The molecule has 14 heteroatoms. The molecule has 7 nitrogen and oxygen atoms in total. The number of anilines is 1. The molecule has 1 aromatic rings. The minimum absolute atomic E-state index is 0.276. The van der Waals surface area contributed by atoms with Crippen molar-refractivity contribution in [2.24, 2.45) is 11.8 Å². The first-order chi connectivity index (χ1) is 15.3. The Morgan fingerprint density at radius 3 is 2.06 bits per heavy atom.